The molecular weight excluding hydrogens is 336 g/mol. The van der Waals surface area contributed by atoms with Crippen molar-refractivity contribution in [3.63, 3.8) is 0 Å². The fourth-order valence-corrected chi connectivity index (χ4v) is 3.15. The zero-order valence-electron chi connectivity index (χ0n) is 13.0. The maximum atomic E-state index is 13.5. The molecule has 2 aromatic rings. The molecule has 0 bridgehead atoms. The molecule has 1 aliphatic carbocycles. The summed E-state index contributed by atoms with van der Waals surface area (Å²) in [6, 6.07) is 8.94. The fraction of sp³-hybridized carbons (Fsp3) is 0.211. The Morgan fingerprint density at radius 2 is 1.84 bits per heavy atom. The van der Waals surface area contributed by atoms with Gasteiger partial charge in [0, 0.05) is 0 Å². The minimum Gasteiger partial charge on any atom is -0.481 e. The second-order valence-corrected chi connectivity index (χ2v) is 6.02. The molecule has 1 aliphatic rings. The van der Waals surface area contributed by atoms with Crippen molar-refractivity contribution in [1.29, 1.82) is 0 Å². The van der Waals surface area contributed by atoms with Crippen LogP contribution in [0.3, 0.4) is 0 Å². The highest BCUT2D eigenvalue weighted by Crippen LogP contribution is 2.44. The lowest BCUT2D eigenvalue weighted by atomic mass is 9.98. The Bertz CT molecular complexity index is 835. The molecule has 1 N–H and O–H groups in total. The lowest BCUT2D eigenvalue weighted by Crippen LogP contribution is -2.04. The van der Waals surface area contributed by atoms with E-state index in [2.05, 4.69) is 0 Å². The topological polar surface area (TPSA) is 37.3 Å². The van der Waals surface area contributed by atoms with Crippen LogP contribution in [0.25, 0.3) is 11.6 Å². The number of fused-ring (bicyclic) bond motifs is 1. The second kappa shape index (κ2) is 6.35. The third-order valence-electron chi connectivity index (χ3n) is 4.27. The summed E-state index contributed by atoms with van der Waals surface area (Å²) in [6.07, 6.45) is -2.39. The number of aliphatic carboxylic acids is 1. The molecule has 1 unspecified atom stereocenters. The summed E-state index contributed by atoms with van der Waals surface area (Å²) in [4.78, 5) is 11.0. The van der Waals surface area contributed by atoms with Crippen LogP contribution in [0.1, 0.15) is 41.0 Å². The van der Waals surface area contributed by atoms with E-state index in [9.17, 15) is 22.4 Å². The van der Waals surface area contributed by atoms with Gasteiger partial charge in [-0.15, -0.1) is 0 Å². The maximum Gasteiger partial charge on any atom is 0.416 e. The molecule has 1 atom stereocenters. The summed E-state index contributed by atoms with van der Waals surface area (Å²) >= 11 is 0. The Hall–Kier alpha value is -2.63. The number of hydrogen-bond donors (Lipinski definition) is 1. The molecule has 2 nitrogen and oxygen atoms in total. The van der Waals surface area contributed by atoms with Gasteiger partial charge in [-0.05, 0) is 58.9 Å². The van der Waals surface area contributed by atoms with E-state index >= 15 is 0 Å². The molecule has 0 heterocycles. The van der Waals surface area contributed by atoms with Gasteiger partial charge in [0.1, 0.15) is 5.82 Å². The minimum atomic E-state index is -4.39. The van der Waals surface area contributed by atoms with Crippen LogP contribution in [-0.4, -0.2) is 11.1 Å². The largest absolute Gasteiger partial charge is 0.481 e. The van der Waals surface area contributed by atoms with Crippen molar-refractivity contribution >= 4 is 17.6 Å². The number of alkyl halides is 3. The van der Waals surface area contributed by atoms with Crippen molar-refractivity contribution in [3.8, 4) is 0 Å². The number of hydrogen-bond acceptors (Lipinski definition) is 1. The van der Waals surface area contributed by atoms with E-state index in [1.807, 2.05) is 0 Å². The molecule has 3 rings (SSSR count). The molecule has 130 valence electrons. The van der Waals surface area contributed by atoms with Crippen LogP contribution >= 0.6 is 0 Å². The molecule has 0 fully saturated rings. The smallest absolute Gasteiger partial charge is 0.416 e. The van der Waals surface area contributed by atoms with Gasteiger partial charge in [-0.3, -0.25) is 4.79 Å². The summed E-state index contributed by atoms with van der Waals surface area (Å²) in [6.45, 7) is 0. The Morgan fingerprint density at radius 3 is 2.44 bits per heavy atom. The van der Waals surface area contributed by atoms with Gasteiger partial charge >= 0.3 is 12.1 Å². The Kier molecular flexibility index (Phi) is 4.37. The van der Waals surface area contributed by atoms with Crippen LogP contribution in [0, 0.1) is 5.82 Å². The van der Waals surface area contributed by atoms with Crippen molar-refractivity contribution in [2.45, 2.75) is 24.9 Å². The lowest BCUT2D eigenvalue weighted by Gasteiger charge is -2.07. The van der Waals surface area contributed by atoms with Gasteiger partial charge in [-0.2, -0.15) is 13.2 Å². The summed E-state index contributed by atoms with van der Waals surface area (Å²) in [5, 5.41) is 9.03. The molecule has 0 aromatic heterocycles. The summed E-state index contributed by atoms with van der Waals surface area (Å²) in [7, 11) is 0. The number of carbonyl (C=O) groups is 1. The van der Waals surface area contributed by atoms with Crippen LogP contribution in [0.5, 0.6) is 0 Å². The highest BCUT2D eigenvalue weighted by Gasteiger charge is 2.30. The van der Waals surface area contributed by atoms with Gasteiger partial charge in [0.2, 0.25) is 0 Å². The zero-order valence-corrected chi connectivity index (χ0v) is 13.0. The SMILES string of the molecule is O=C(O)CC1C/C(=C\c2ccc(C(F)(F)F)cc2)c2ccc(F)cc21. The molecule has 0 amide bonds. The Labute approximate surface area is 141 Å². The van der Waals surface area contributed by atoms with Crippen molar-refractivity contribution < 1.29 is 27.5 Å². The molecular formula is C19H14F4O2. The number of halogens is 4. The monoisotopic (exact) mass is 350 g/mol. The van der Waals surface area contributed by atoms with E-state index in [4.69, 9.17) is 5.11 Å². The van der Waals surface area contributed by atoms with Crippen molar-refractivity contribution in [3.05, 3.63) is 70.5 Å². The molecule has 0 radical (unpaired) electrons. The lowest BCUT2D eigenvalue weighted by molar-refractivity contribution is -0.138. The Balaban J connectivity index is 1.95. The van der Waals surface area contributed by atoms with Gasteiger partial charge < -0.3 is 5.11 Å². The van der Waals surface area contributed by atoms with Gasteiger partial charge in [0.05, 0.1) is 12.0 Å². The van der Waals surface area contributed by atoms with E-state index in [-0.39, 0.29) is 12.3 Å². The quantitative estimate of drug-likeness (QED) is 0.758. The summed E-state index contributed by atoms with van der Waals surface area (Å²) in [5.41, 5.74) is 2.01. The third kappa shape index (κ3) is 3.73. The first kappa shape index (κ1) is 17.2. The molecule has 0 saturated heterocycles. The van der Waals surface area contributed by atoms with E-state index in [1.165, 1.54) is 24.3 Å². The molecule has 6 heteroatoms. The average Bonchev–Trinajstić information content (AvgIpc) is 2.83. The maximum absolute atomic E-state index is 13.5. The average molecular weight is 350 g/mol. The van der Waals surface area contributed by atoms with Gasteiger partial charge in [0.15, 0.2) is 0 Å². The third-order valence-corrected chi connectivity index (χ3v) is 4.27. The number of benzene rings is 2. The van der Waals surface area contributed by atoms with Crippen LogP contribution in [0.2, 0.25) is 0 Å². The predicted molar refractivity (Wildman–Crippen MR) is 85.3 cm³/mol. The van der Waals surface area contributed by atoms with Crippen LogP contribution in [0.4, 0.5) is 17.6 Å². The van der Waals surface area contributed by atoms with Crippen LogP contribution < -0.4 is 0 Å². The summed E-state index contributed by atoms with van der Waals surface area (Å²) < 4.78 is 51.4. The fourth-order valence-electron chi connectivity index (χ4n) is 3.15. The predicted octanol–water partition coefficient (Wildman–Crippen LogP) is 5.35. The van der Waals surface area contributed by atoms with Crippen molar-refractivity contribution in [2.75, 3.05) is 0 Å². The second-order valence-electron chi connectivity index (χ2n) is 6.02. The van der Waals surface area contributed by atoms with E-state index in [0.29, 0.717) is 17.5 Å². The number of carboxylic acids is 1. The number of carboxylic acid groups (broad SMARTS) is 1. The molecule has 0 aliphatic heterocycles. The molecule has 0 spiro atoms. The first-order valence-electron chi connectivity index (χ1n) is 7.63. The van der Waals surface area contributed by atoms with Gasteiger partial charge in [-0.25, -0.2) is 4.39 Å². The van der Waals surface area contributed by atoms with E-state index < -0.39 is 23.5 Å². The van der Waals surface area contributed by atoms with Crippen molar-refractivity contribution in [2.24, 2.45) is 0 Å². The number of allylic oxidation sites excluding steroid dienone is 1. The minimum absolute atomic E-state index is 0.124. The molecule has 2 aromatic carbocycles. The normalized spacial score (nSPS) is 18.4. The van der Waals surface area contributed by atoms with Crippen LogP contribution in [0.15, 0.2) is 42.5 Å². The summed E-state index contributed by atoms with van der Waals surface area (Å²) in [5.74, 6) is -1.76. The van der Waals surface area contributed by atoms with E-state index in [0.717, 1.165) is 23.3 Å². The zero-order chi connectivity index (χ0) is 18.2. The Morgan fingerprint density at radius 1 is 1.16 bits per heavy atom. The molecule has 25 heavy (non-hydrogen) atoms. The van der Waals surface area contributed by atoms with Crippen molar-refractivity contribution in [1.82, 2.24) is 0 Å². The first-order chi connectivity index (χ1) is 11.7. The van der Waals surface area contributed by atoms with Gasteiger partial charge in [0.25, 0.3) is 0 Å². The van der Waals surface area contributed by atoms with E-state index in [1.54, 1.807) is 12.1 Å². The molecule has 0 saturated carbocycles. The highest BCUT2D eigenvalue weighted by molar-refractivity contribution is 5.87. The first-order valence-corrected chi connectivity index (χ1v) is 7.63. The van der Waals surface area contributed by atoms with Gasteiger partial charge in [-0.1, -0.05) is 24.3 Å². The standard InChI is InChI=1S/C19H14F4O2/c20-15-5-6-16-12(8-13(9-18(24)25)17(16)10-15)7-11-1-3-14(4-2-11)19(21,22)23/h1-7,10,13H,8-9H2,(H,24,25)/b12-7+. The van der Waals surface area contributed by atoms with Crippen LogP contribution in [-0.2, 0) is 11.0 Å². The number of rotatable bonds is 3. The highest BCUT2D eigenvalue weighted by atomic mass is 19.4.